The lowest BCUT2D eigenvalue weighted by Gasteiger charge is -2.43. The predicted molar refractivity (Wildman–Crippen MR) is 71.6 cm³/mol. The number of carbonyl (C=O) groups excluding carboxylic acids is 1. The van der Waals surface area contributed by atoms with Gasteiger partial charge in [0.05, 0.1) is 7.11 Å². The third-order valence-electron chi connectivity index (χ3n) is 3.53. The number of allylic oxidation sites excluding steroid dienone is 1. The molecule has 0 N–H and O–H groups in total. The van der Waals surface area contributed by atoms with Crippen molar-refractivity contribution in [2.45, 2.75) is 52.2 Å². The van der Waals surface area contributed by atoms with E-state index in [1.165, 1.54) is 0 Å². The Morgan fingerprint density at radius 3 is 2.61 bits per heavy atom. The number of nitrogens with zero attached hydrogens (tertiary/aromatic N) is 1. The Labute approximate surface area is 109 Å². The van der Waals surface area contributed by atoms with Crippen LogP contribution in [0.2, 0.25) is 0 Å². The second kappa shape index (κ2) is 5.12. The summed E-state index contributed by atoms with van der Waals surface area (Å²) in [6.45, 7) is 11.5. The molecule has 4 nitrogen and oxygen atoms in total. The van der Waals surface area contributed by atoms with E-state index in [1.54, 1.807) is 13.2 Å². The SMILES string of the molecule is C=CCC[C@@H]1N=C(OC)[C@@](C)(C(C)(C)C)OC1=O. The zero-order chi connectivity index (χ0) is 14.0. The quantitative estimate of drug-likeness (QED) is 0.574. The highest BCUT2D eigenvalue weighted by atomic mass is 16.6. The maximum absolute atomic E-state index is 12.0. The first kappa shape index (κ1) is 14.7. The van der Waals surface area contributed by atoms with Crippen LogP contribution in [0.3, 0.4) is 0 Å². The van der Waals surface area contributed by atoms with Crippen LogP contribution in [-0.4, -0.2) is 30.6 Å². The van der Waals surface area contributed by atoms with E-state index in [2.05, 4.69) is 11.6 Å². The van der Waals surface area contributed by atoms with Crippen LogP contribution in [0.4, 0.5) is 0 Å². The molecular weight excluding hydrogens is 230 g/mol. The number of methoxy groups -OCH3 is 1. The summed E-state index contributed by atoms with van der Waals surface area (Å²) in [7, 11) is 1.56. The lowest BCUT2D eigenvalue weighted by atomic mass is 9.76. The average molecular weight is 253 g/mol. The molecule has 1 heterocycles. The van der Waals surface area contributed by atoms with Gasteiger partial charge in [0.25, 0.3) is 0 Å². The van der Waals surface area contributed by atoms with Gasteiger partial charge in [-0.15, -0.1) is 6.58 Å². The van der Waals surface area contributed by atoms with Crippen molar-refractivity contribution < 1.29 is 14.3 Å². The molecule has 0 aromatic heterocycles. The Morgan fingerprint density at radius 2 is 2.17 bits per heavy atom. The van der Waals surface area contributed by atoms with E-state index >= 15 is 0 Å². The number of carbonyl (C=O) groups is 1. The number of hydrogen-bond acceptors (Lipinski definition) is 4. The second-order valence-electron chi connectivity index (χ2n) is 5.72. The molecule has 1 aliphatic heterocycles. The van der Waals surface area contributed by atoms with E-state index < -0.39 is 11.6 Å². The smallest absolute Gasteiger partial charge is 0.332 e. The Hall–Kier alpha value is -1.32. The predicted octanol–water partition coefficient (Wildman–Crippen LogP) is 2.73. The first-order valence-electron chi connectivity index (χ1n) is 6.22. The summed E-state index contributed by atoms with van der Waals surface area (Å²) in [6, 6.07) is -0.478. The van der Waals surface area contributed by atoms with Gasteiger partial charge in [-0.1, -0.05) is 26.8 Å². The van der Waals surface area contributed by atoms with Gasteiger partial charge in [0.15, 0.2) is 11.6 Å². The van der Waals surface area contributed by atoms with Crippen LogP contribution in [0.1, 0.15) is 40.5 Å². The molecule has 0 unspecified atom stereocenters. The maximum atomic E-state index is 12.0. The Morgan fingerprint density at radius 1 is 1.56 bits per heavy atom. The minimum Gasteiger partial charge on any atom is -0.481 e. The number of cyclic esters (lactones) is 1. The lowest BCUT2D eigenvalue weighted by Crippen LogP contribution is -2.56. The molecule has 0 aliphatic carbocycles. The zero-order valence-corrected chi connectivity index (χ0v) is 11.9. The van der Waals surface area contributed by atoms with Crippen molar-refractivity contribution in [3.8, 4) is 0 Å². The van der Waals surface area contributed by atoms with E-state index in [-0.39, 0.29) is 11.4 Å². The summed E-state index contributed by atoms with van der Waals surface area (Å²) in [5.74, 6) is 0.207. The van der Waals surface area contributed by atoms with Gasteiger partial charge in [-0.05, 0) is 19.8 Å². The van der Waals surface area contributed by atoms with E-state index in [0.29, 0.717) is 12.3 Å². The maximum Gasteiger partial charge on any atom is 0.332 e. The van der Waals surface area contributed by atoms with Gasteiger partial charge in [0.2, 0.25) is 5.90 Å². The summed E-state index contributed by atoms with van der Waals surface area (Å²) < 4.78 is 11.0. The standard InChI is InChI=1S/C14H23NO3/c1-7-8-9-10-11(16)18-14(5,13(2,3)4)12(15-10)17-6/h7,10H,1,8-9H2,2-6H3/t10-,14-/m0/s1. The van der Waals surface area contributed by atoms with E-state index in [4.69, 9.17) is 9.47 Å². The van der Waals surface area contributed by atoms with Gasteiger partial charge in [-0.25, -0.2) is 9.79 Å². The van der Waals surface area contributed by atoms with Gasteiger partial charge in [-0.2, -0.15) is 0 Å². The summed E-state index contributed by atoms with van der Waals surface area (Å²) in [5, 5.41) is 0. The molecule has 1 aliphatic rings. The molecule has 0 spiro atoms. The molecule has 0 fully saturated rings. The first-order valence-corrected chi connectivity index (χ1v) is 6.22. The minimum absolute atomic E-state index is 0.277. The monoisotopic (exact) mass is 253 g/mol. The summed E-state index contributed by atoms with van der Waals surface area (Å²) in [6.07, 6.45) is 3.11. The van der Waals surface area contributed by atoms with Crippen molar-refractivity contribution in [3.05, 3.63) is 12.7 Å². The van der Waals surface area contributed by atoms with E-state index in [0.717, 1.165) is 6.42 Å². The first-order chi connectivity index (χ1) is 8.26. The lowest BCUT2D eigenvalue weighted by molar-refractivity contribution is -0.166. The molecule has 0 saturated heterocycles. The molecular formula is C14H23NO3. The van der Waals surface area contributed by atoms with Crippen molar-refractivity contribution in [2.24, 2.45) is 10.4 Å². The zero-order valence-electron chi connectivity index (χ0n) is 11.9. The Kier molecular flexibility index (Phi) is 4.20. The Balaban J connectivity index is 3.07. The molecule has 0 amide bonds. The second-order valence-corrected chi connectivity index (χ2v) is 5.72. The fourth-order valence-electron chi connectivity index (χ4n) is 1.81. The highest BCUT2D eigenvalue weighted by molar-refractivity contribution is 5.94. The summed E-state index contributed by atoms with van der Waals surface area (Å²) in [4.78, 5) is 16.4. The number of hydrogen-bond donors (Lipinski definition) is 0. The molecule has 1 rings (SSSR count). The van der Waals surface area contributed by atoms with Crippen LogP contribution in [-0.2, 0) is 14.3 Å². The average Bonchev–Trinajstić information content (AvgIpc) is 2.26. The molecule has 0 bridgehead atoms. The van der Waals surface area contributed by atoms with Crippen LogP contribution in [0.5, 0.6) is 0 Å². The highest BCUT2D eigenvalue weighted by Crippen LogP contribution is 2.38. The molecule has 18 heavy (non-hydrogen) atoms. The van der Waals surface area contributed by atoms with Crippen LogP contribution in [0.25, 0.3) is 0 Å². The fraction of sp³-hybridized carbons (Fsp3) is 0.714. The van der Waals surface area contributed by atoms with Crippen molar-refractivity contribution in [2.75, 3.05) is 7.11 Å². The molecule has 0 aromatic carbocycles. The van der Waals surface area contributed by atoms with Crippen LogP contribution in [0.15, 0.2) is 17.6 Å². The number of aliphatic imine (C=N–C) groups is 1. The normalized spacial score (nSPS) is 28.4. The molecule has 2 atom stereocenters. The third-order valence-corrected chi connectivity index (χ3v) is 3.53. The molecule has 0 radical (unpaired) electrons. The van der Waals surface area contributed by atoms with Gasteiger partial charge in [-0.3, -0.25) is 0 Å². The Bertz CT molecular complexity index is 368. The molecule has 0 saturated carbocycles. The van der Waals surface area contributed by atoms with Crippen molar-refractivity contribution in [1.29, 1.82) is 0 Å². The number of rotatable bonds is 3. The van der Waals surface area contributed by atoms with Crippen LogP contribution < -0.4 is 0 Å². The summed E-state index contributed by atoms with van der Waals surface area (Å²) in [5.41, 5.74) is -1.09. The van der Waals surface area contributed by atoms with Gasteiger partial charge < -0.3 is 9.47 Å². The van der Waals surface area contributed by atoms with Crippen LogP contribution >= 0.6 is 0 Å². The summed E-state index contributed by atoms with van der Waals surface area (Å²) >= 11 is 0. The van der Waals surface area contributed by atoms with Crippen LogP contribution in [0, 0.1) is 5.41 Å². The highest BCUT2D eigenvalue weighted by Gasteiger charge is 2.51. The third kappa shape index (κ3) is 2.57. The largest absolute Gasteiger partial charge is 0.481 e. The minimum atomic E-state index is -0.816. The van der Waals surface area contributed by atoms with Gasteiger partial charge in [0.1, 0.15) is 0 Å². The molecule has 102 valence electrons. The van der Waals surface area contributed by atoms with Crippen molar-refractivity contribution >= 4 is 11.9 Å². The van der Waals surface area contributed by atoms with E-state index in [9.17, 15) is 4.79 Å². The van der Waals surface area contributed by atoms with Gasteiger partial charge >= 0.3 is 5.97 Å². The van der Waals surface area contributed by atoms with Crippen molar-refractivity contribution in [1.82, 2.24) is 0 Å². The molecule has 4 heteroatoms. The van der Waals surface area contributed by atoms with E-state index in [1.807, 2.05) is 27.7 Å². The van der Waals surface area contributed by atoms with Crippen molar-refractivity contribution in [3.63, 3.8) is 0 Å². The number of ether oxygens (including phenoxy) is 2. The number of esters is 1. The molecule has 0 aromatic rings. The topological polar surface area (TPSA) is 47.9 Å². The van der Waals surface area contributed by atoms with Gasteiger partial charge in [0, 0.05) is 5.41 Å². The fourth-order valence-corrected chi connectivity index (χ4v) is 1.81.